The molecule has 14 heavy (non-hydrogen) atoms. The zero-order valence-electron chi connectivity index (χ0n) is 8.69. The van der Waals surface area contributed by atoms with Crippen molar-refractivity contribution < 1.29 is 14.7 Å². The smallest absolute Gasteiger partial charge is 0.309 e. The van der Waals surface area contributed by atoms with Crippen LogP contribution < -0.4 is 0 Å². The zero-order chi connectivity index (χ0) is 10.7. The van der Waals surface area contributed by atoms with Gasteiger partial charge in [0.25, 0.3) is 0 Å². The van der Waals surface area contributed by atoms with Gasteiger partial charge in [-0.25, -0.2) is 0 Å². The Morgan fingerprint density at radius 3 is 2.71 bits per heavy atom. The lowest BCUT2D eigenvalue weighted by Crippen LogP contribution is -2.35. The molecule has 0 aromatic carbocycles. The van der Waals surface area contributed by atoms with Gasteiger partial charge in [0.05, 0.1) is 5.92 Å². The number of unbranched alkanes of at least 4 members (excludes halogenated alkanes) is 1. The largest absolute Gasteiger partial charge is 0.481 e. The highest BCUT2D eigenvalue weighted by molar-refractivity contribution is 5.86. The monoisotopic (exact) mass is 199 g/mol. The van der Waals surface area contributed by atoms with Crippen molar-refractivity contribution in [3.8, 4) is 0 Å². The maximum atomic E-state index is 11.5. The fraction of sp³-hybridized carbons (Fsp3) is 0.800. The summed E-state index contributed by atoms with van der Waals surface area (Å²) in [6.45, 7) is 4.57. The van der Waals surface area contributed by atoms with Gasteiger partial charge in [-0.15, -0.1) is 0 Å². The van der Waals surface area contributed by atoms with Gasteiger partial charge in [0.15, 0.2) is 0 Å². The van der Waals surface area contributed by atoms with E-state index in [-0.39, 0.29) is 18.4 Å². The van der Waals surface area contributed by atoms with E-state index in [0.717, 1.165) is 12.8 Å². The predicted molar refractivity (Wildman–Crippen MR) is 51.8 cm³/mol. The SMILES string of the molecule is CCCCN1C(=O)C[C@@H](C(=O)O)[C@@H]1C. The van der Waals surface area contributed by atoms with Crippen molar-refractivity contribution in [1.82, 2.24) is 4.90 Å². The number of carboxylic acids is 1. The second-order valence-electron chi connectivity index (χ2n) is 3.83. The maximum Gasteiger partial charge on any atom is 0.309 e. The summed E-state index contributed by atoms with van der Waals surface area (Å²) in [6.07, 6.45) is 2.14. The van der Waals surface area contributed by atoms with Crippen LogP contribution in [0, 0.1) is 5.92 Å². The van der Waals surface area contributed by atoms with Crippen LogP contribution in [0.2, 0.25) is 0 Å². The molecular weight excluding hydrogens is 182 g/mol. The maximum absolute atomic E-state index is 11.5. The molecule has 1 saturated heterocycles. The molecule has 1 amide bonds. The first-order valence-corrected chi connectivity index (χ1v) is 5.10. The molecule has 0 unspecified atom stereocenters. The van der Waals surface area contributed by atoms with Gasteiger partial charge < -0.3 is 10.0 Å². The minimum atomic E-state index is -0.857. The van der Waals surface area contributed by atoms with Crippen molar-refractivity contribution in [2.75, 3.05) is 6.54 Å². The second kappa shape index (κ2) is 4.44. The molecule has 4 nitrogen and oxygen atoms in total. The van der Waals surface area contributed by atoms with E-state index in [4.69, 9.17) is 5.11 Å². The van der Waals surface area contributed by atoms with E-state index in [2.05, 4.69) is 6.92 Å². The summed E-state index contributed by atoms with van der Waals surface area (Å²) in [6, 6.07) is -0.147. The molecule has 0 radical (unpaired) electrons. The van der Waals surface area contributed by atoms with Gasteiger partial charge in [0, 0.05) is 19.0 Å². The molecule has 4 heteroatoms. The van der Waals surface area contributed by atoms with Crippen molar-refractivity contribution in [3.63, 3.8) is 0 Å². The summed E-state index contributed by atoms with van der Waals surface area (Å²) in [5, 5.41) is 8.87. The van der Waals surface area contributed by atoms with E-state index in [0.29, 0.717) is 6.54 Å². The third-order valence-corrected chi connectivity index (χ3v) is 2.86. The quantitative estimate of drug-likeness (QED) is 0.737. The fourth-order valence-electron chi connectivity index (χ4n) is 1.87. The molecule has 0 aliphatic carbocycles. The van der Waals surface area contributed by atoms with E-state index in [9.17, 15) is 9.59 Å². The summed E-state index contributed by atoms with van der Waals surface area (Å²) in [4.78, 5) is 24.0. The van der Waals surface area contributed by atoms with Gasteiger partial charge >= 0.3 is 5.97 Å². The van der Waals surface area contributed by atoms with Crippen LogP contribution >= 0.6 is 0 Å². The van der Waals surface area contributed by atoms with Crippen molar-refractivity contribution >= 4 is 11.9 Å². The van der Waals surface area contributed by atoms with Crippen molar-refractivity contribution in [1.29, 1.82) is 0 Å². The zero-order valence-corrected chi connectivity index (χ0v) is 8.69. The van der Waals surface area contributed by atoms with E-state index in [1.807, 2.05) is 6.92 Å². The fourth-order valence-corrected chi connectivity index (χ4v) is 1.87. The third-order valence-electron chi connectivity index (χ3n) is 2.86. The summed E-state index contributed by atoms with van der Waals surface area (Å²) in [5.41, 5.74) is 0. The number of nitrogens with zero attached hydrogens (tertiary/aromatic N) is 1. The van der Waals surface area contributed by atoms with Crippen LogP contribution in [-0.2, 0) is 9.59 Å². The summed E-state index contributed by atoms with van der Waals surface area (Å²) in [5.74, 6) is -1.39. The van der Waals surface area contributed by atoms with Gasteiger partial charge in [0.1, 0.15) is 0 Å². The number of carbonyl (C=O) groups excluding carboxylic acids is 1. The van der Waals surface area contributed by atoms with E-state index < -0.39 is 11.9 Å². The number of hydrogen-bond donors (Lipinski definition) is 1. The molecule has 0 aromatic heterocycles. The molecule has 1 rings (SSSR count). The van der Waals surface area contributed by atoms with Gasteiger partial charge in [-0.05, 0) is 13.3 Å². The number of hydrogen-bond acceptors (Lipinski definition) is 2. The molecule has 1 fully saturated rings. The first-order valence-electron chi connectivity index (χ1n) is 5.10. The number of likely N-dealkylation sites (tertiary alicyclic amines) is 1. The molecule has 80 valence electrons. The van der Waals surface area contributed by atoms with Crippen LogP contribution in [0.3, 0.4) is 0 Å². The first kappa shape index (κ1) is 11.0. The molecule has 1 heterocycles. The highest BCUT2D eigenvalue weighted by atomic mass is 16.4. The Morgan fingerprint density at radius 2 is 2.29 bits per heavy atom. The lowest BCUT2D eigenvalue weighted by molar-refractivity contribution is -0.142. The Bertz CT molecular complexity index is 240. The summed E-state index contributed by atoms with van der Waals surface area (Å²) < 4.78 is 0. The average Bonchev–Trinajstić information content (AvgIpc) is 2.40. The summed E-state index contributed by atoms with van der Waals surface area (Å²) >= 11 is 0. The molecule has 2 atom stereocenters. The van der Waals surface area contributed by atoms with Crippen molar-refractivity contribution in [2.24, 2.45) is 5.92 Å². The van der Waals surface area contributed by atoms with Gasteiger partial charge in [-0.2, -0.15) is 0 Å². The molecule has 1 N–H and O–H groups in total. The molecule has 1 aliphatic heterocycles. The molecule has 1 aliphatic rings. The molecule has 0 aromatic rings. The van der Waals surface area contributed by atoms with Crippen molar-refractivity contribution in [3.05, 3.63) is 0 Å². The van der Waals surface area contributed by atoms with E-state index in [1.54, 1.807) is 4.90 Å². The average molecular weight is 199 g/mol. The Morgan fingerprint density at radius 1 is 1.64 bits per heavy atom. The topological polar surface area (TPSA) is 57.6 Å². The highest BCUT2D eigenvalue weighted by Gasteiger charge is 2.40. The Hall–Kier alpha value is -1.06. The lowest BCUT2D eigenvalue weighted by Gasteiger charge is -2.22. The number of carboxylic acid groups (broad SMARTS) is 1. The van der Waals surface area contributed by atoms with Crippen LogP contribution in [0.15, 0.2) is 0 Å². The predicted octanol–water partition coefficient (Wildman–Crippen LogP) is 1.11. The van der Waals surface area contributed by atoms with E-state index >= 15 is 0 Å². The Balaban J connectivity index is 2.60. The Kier molecular flexibility index (Phi) is 3.49. The molecule has 0 bridgehead atoms. The second-order valence-corrected chi connectivity index (χ2v) is 3.83. The first-order chi connectivity index (χ1) is 6.57. The van der Waals surface area contributed by atoms with Crippen LogP contribution in [0.5, 0.6) is 0 Å². The minimum Gasteiger partial charge on any atom is -0.481 e. The van der Waals surface area contributed by atoms with Gasteiger partial charge in [-0.1, -0.05) is 13.3 Å². The van der Waals surface area contributed by atoms with Crippen molar-refractivity contribution in [2.45, 2.75) is 39.2 Å². The number of carbonyl (C=O) groups is 2. The van der Waals surface area contributed by atoms with Gasteiger partial charge in [0.2, 0.25) is 5.91 Å². The van der Waals surface area contributed by atoms with Crippen LogP contribution in [-0.4, -0.2) is 34.5 Å². The molecular formula is C10H17NO3. The standard InChI is InChI=1S/C10H17NO3/c1-3-4-5-11-7(2)8(10(13)14)6-9(11)12/h7-8H,3-6H2,1-2H3,(H,13,14)/t7-,8+/m0/s1. The number of amides is 1. The molecule has 0 spiro atoms. The minimum absolute atomic E-state index is 0.0154. The normalized spacial score (nSPS) is 27.0. The van der Waals surface area contributed by atoms with Crippen LogP contribution in [0.4, 0.5) is 0 Å². The lowest BCUT2D eigenvalue weighted by atomic mass is 10.0. The Labute approximate surface area is 83.9 Å². The summed E-state index contributed by atoms with van der Waals surface area (Å²) in [7, 11) is 0. The molecule has 0 saturated carbocycles. The third kappa shape index (κ3) is 2.05. The van der Waals surface area contributed by atoms with Crippen LogP contribution in [0.25, 0.3) is 0 Å². The number of aliphatic carboxylic acids is 1. The number of rotatable bonds is 4. The van der Waals surface area contributed by atoms with E-state index in [1.165, 1.54) is 0 Å². The highest BCUT2D eigenvalue weighted by Crippen LogP contribution is 2.25. The van der Waals surface area contributed by atoms with Gasteiger partial charge in [-0.3, -0.25) is 9.59 Å². The van der Waals surface area contributed by atoms with Crippen LogP contribution in [0.1, 0.15) is 33.1 Å².